The van der Waals surface area contributed by atoms with Crippen molar-refractivity contribution in [3.8, 4) is 5.75 Å². The number of para-hydroxylation sites is 1. The number of carbonyl (C=O) groups is 3. The van der Waals surface area contributed by atoms with E-state index in [2.05, 4.69) is 10.6 Å². The molecule has 0 saturated heterocycles. The van der Waals surface area contributed by atoms with Gasteiger partial charge in [0.2, 0.25) is 5.91 Å². The zero-order valence-corrected chi connectivity index (χ0v) is 23.2. The number of fused-ring (bicyclic) bond motifs is 1. The maximum absolute atomic E-state index is 13.5. The number of hydrogen-bond acceptors (Lipinski definition) is 6. The normalized spacial score (nSPS) is 16.0. The van der Waals surface area contributed by atoms with Crippen LogP contribution in [0.3, 0.4) is 0 Å². The average Bonchev–Trinajstić information content (AvgIpc) is 3.46. The van der Waals surface area contributed by atoms with E-state index >= 15 is 0 Å². The van der Waals surface area contributed by atoms with Crippen LogP contribution in [0.4, 0.5) is 0 Å². The van der Waals surface area contributed by atoms with Crippen LogP contribution in [-0.4, -0.2) is 41.5 Å². The first kappa shape index (κ1) is 28.5. The van der Waals surface area contributed by atoms with Gasteiger partial charge in [-0.15, -0.1) is 11.8 Å². The largest absolute Gasteiger partial charge is 0.480 e. The second-order valence-electron chi connectivity index (χ2n) is 10.2. The number of ketones is 1. The number of amides is 2. The van der Waals surface area contributed by atoms with E-state index in [4.69, 9.17) is 9.15 Å². The van der Waals surface area contributed by atoms with Gasteiger partial charge in [0, 0.05) is 0 Å². The second kappa shape index (κ2) is 14.0. The van der Waals surface area contributed by atoms with E-state index in [1.807, 2.05) is 80.6 Å². The number of rotatable bonds is 13. The molecule has 2 aromatic carbocycles. The van der Waals surface area contributed by atoms with Crippen LogP contribution in [0.1, 0.15) is 43.6 Å². The summed E-state index contributed by atoms with van der Waals surface area (Å²) < 4.78 is 11.3. The molecule has 1 unspecified atom stereocenters. The van der Waals surface area contributed by atoms with E-state index < -0.39 is 18.2 Å². The summed E-state index contributed by atoms with van der Waals surface area (Å²) in [6.07, 6.45) is 3.04. The van der Waals surface area contributed by atoms with Gasteiger partial charge in [0.25, 0.3) is 5.91 Å². The summed E-state index contributed by atoms with van der Waals surface area (Å²) in [4.78, 5) is 40.0. The van der Waals surface area contributed by atoms with Crippen molar-refractivity contribution in [3.63, 3.8) is 0 Å². The molecule has 8 heteroatoms. The van der Waals surface area contributed by atoms with E-state index in [-0.39, 0.29) is 29.3 Å². The molecule has 3 atom stereocenters. The van der Waals surface area contributed by atoms with E-state index in [1.54, 1.807) is 6.26 Å². The highest BCUT2D eigenvalue weighted by Crippen LogP contribution is 2.27. The maximum atomic E-state index is 13.5. The molecule has 0 aliphatic carbocycles. The molecule has 2 N–H and O–H groups in total. The Morgan fingerprint density at radius 1 is 0.949 bits per heavy atom. The monoisotopic (exact) mass is 548 g/mol. The van der Waals surface area contributed by atoms with Gasteiger partial charge >= 0.3 is 0 Å². The van der Waals surface area contributed by atoms with E-state index in [1.165, 1.54) is 11.8 Å². The van der Waals surface area contributed by atoms with Crippen molar-refractivity contribution in [1.29, 1.82) is 0 Å². The number of ether oxygens (including phenoxy) is 1. The quantitative estimate of drug-likeness (QED) is 0.320. The maximum Gasteiger partial charge on any atom is 0.261 e. The number of benzene rings is 2. The molecule has 3 aromatic rings. The van der Waals surface area contributed by atoms with Crippen LogP contribution in [-0.2, 0) is 33.0 Å². The molecule has 4 rings (SSSR count). The van der Waals surface area contributed by atoms with Crippen LogP contribution in [0.25, 0.3) is 0 Å². The highest BCUT2D eigenvalue weighted by Gasteiger charge is 2.32. The number of nitrogens with one attached hydrogen (secondary N) is 2. The molecule has 206 valence electrons. The molecule has 1 aliphatic heterocycles. The molecule has 2 amide bonds. The summed E-state index contributed by atoms with van der Waals surface area (Å²) in [5, 5.41) is 5.87. The van der Waals surface area contributed by atoms with Crippen LogP contribution in [0, 0.1) is 5.92 Å². The standard InChI is InChI=1S/C31H36N2O5S/c1-21(2)17-26(33-31(36)29-15-14-23-11-6-7-13-28(23)38-29)30(35)32-25(18-22-9-4-3-5-10-22)27(34)20-39-19-24-12-8-16-37-24/h3-13,16,21,25-26,29H,14-15,17-20H2,1-2H3,(H,32,35)(H,33,36)/t25?,26-,29-/m0/s1. The molecular weight excluding hydrogens is 512 g/mol. The summed E-state index contributed by atoms with van der Waals surface area (Å²) in [6, 6.07) is 19.5. The minimum atomic E-state index is -0.778. The first-order valence-electron chi connectivity index (χ1n) is 13.4. The van der Waals surface area contributed by atoms with Crippen molar-refractivity contribution >= 4 is 29.4 Å². The second-order valence-corrected chi connectivity index (χ2v) is 11.2. The van der Waals surface area contributed by atoms with Crippen molar-refractivity contribution in [2.75, 3.05) is 5.75 Å². The molecule has 2 heterocycles. The smallest absolute Gasteiger partial charge is 0.261 e. The van der Waals surface area contributed by atoms with Crippen molar-refractivity contribution in [3.05, 3.63) is 89.9 Å². The lowest BCUT2D eigenvalue weighted by molar-refractivity contribution is -0.134. The van der Waals surface area contributed by atoms with Crippen molar-refractivity contribution in [2.45, 2.75) is 63.5 Å². The number of Topliss-reactive ketones (excluding diaryl/α,β-unsaturated/α-hetero) is 1. The minimum Gasteiger partial charge on any atom is -0.480 e. The van der Waals surface area contributed by atoms with Gasteiger partial charge in [0.05, 0.1) is 23.8 Å². The Hall–Kier alpha value is -3.52. The molecular formula is C31H36N2O5S. The van der Waals surface area contributed by atoms with Gasteiger partial charge in [-0.3, -0.25) is 14.4 Å². The number of hydrogen-bond donors (Lipinski definition) is 2. The van der Waals surface area contributed by atoms with Crippen molar-refractivity contribution in [2.24, 2.45) is 5.92 Å². The fourth-order valence-electron chi connectivity index (χ4n) is 4.59. The Bertz CT molecular complexity index is 1230. The van der Waals surface area contributed by atoms with Crippen LogP contribution in [0.15, 0.2) is 77.4 Å². The molecule has 7 nitrogen and oxygen atoms in total. The summed E-state index contributed by atoms with van der Waals surface area (Å²) in [6.45, 7) is 4.00. The lowest BCUT2D eigenvalue weighted by Crippen LogP contribution is -2.55. The Morgan fingerprint density at radius 2 is 1.72 bits per heavy atom. The zero-order valence-electron chi connectivity index (χ0n) is 22.4. The highest BCUT2D eigenvalue weighted by molar-refractivity contribution is 7.99. The lowest BCUT2D eigenvalue weighted by Gasteiger charge is -2.28. The molecule has 0 bridgehead atoms. The molecule has 0 saturated carbocycles. The summed E-state index contributed by atoms with van der Waals surface area (Å²) in [5.74, 6) is 1.70. The van der Waals surface area contributed by atoms with Gasteiger partial charge in [0.1, 0.15) is 17.6 Å². The van der Waals surface area contributed by atoms with Crippen LogP contribution < -0.4 is 15.4 Å². The SMILES string of the molecule is CC(C)C[C@H](NC(=O)[C@@H]1CCc2ccccc2O1)C(=O)NC(Cc1ccccc1)C(=O)CSCc1ccco1. The first-order valence-corrected chi connectivity index (χ1v) is 14.6. The molecule has 0 spiro atoms. The third-order valence-corrected chi connectivity index (χ3v) is 7.58. The molecule has 1 aromatic heterocycles. The molecule has 39 heavy (non-hydrogen) atoms. The average molecular weight is 549 g/mol. The van der Waals surface area contributed by atoms with E-state index in [0.717, 1.165) is 23.3 Å². The topological polar surface area (TPSA) is 97.6 Å². The van der Waals surface area contributed by atoms with Gasteiger partial charge in [-0.05, 0) is 60.9 Å². The van der Waals surface area contributed by atoms with Gasteiger partial charge in [-0.2, -0.15) is 0 Å². The lowest BCUT2D eigenvalue weighted by atomic mass is 9.99. The Labute approximate surface area is 234 Å². The van der Waals surface area contributed by atoms with Crippen LogP contribution in [0.5, 0.6) is 5.75 Å². The third-order valence-electron chi connectivity index (χ3n) is 6.61. The van der Waals surface area contributed by atoms with E-state index in [9.17, 15) is 14.4 Å². The summed E-state index contributed by atoms with van der Waals surface area (Å²) in [7, 11) is 0. The van der Waals surface area contributed by atoms with Gasteiger partial charge in [0.15, 0.2) is 11.9 Å². The van der Waals surface area contributed by atoms with Crippen molar-refractivity contribution < 1.29 is 23.5 Å². The van der Waals surface area contributed by atoms with Gasteiger partial charge in [-0.25, -0.2) is 0 Å². The van der Waals surface area contributed by atoms with Gasteiger partial charge < -0.3 is 19.8 Å². The van der Waals surface area contributed by atoms with E-state index in [0.29, 0.717) is 30.8 Å². The Morgan fingerprint density at radius 3 is 2.46 bits per heavy atom. The molecule has 0 fully saturated rings. The van der Waals surface area contributed by atoms with Crippen LogP contribution >= 0.6 is 11.8 Å². The number of furan rings is 1. The molecule has 1 aliphatic rings. The third kappa shape index (κ3) is 8.48. The van der Waals surface area contributed by atoms with Gasteiger partial charge in [-0.1, -0.05) is 62.4 Å². The molecule has 0 radical (unpaired) electrons. The number of thioether (sulfide) groups is 1. The predicted octanol–water partition coefficient (Wildman–Crippen LogP) is 4.73. The summed E-state index contributed by atoms with van der Waals surface area (Å²) in [5.41, 5.74) is 2.02. The summed E-state index contributed by atoms with van der Waals surface area (Å²) >= 11 is 1.45. The fourth-order valence-corrected chi connectivity index (χ4v) is 5.46. The number of carbonyl (C=O) groups excluding carboxylic acids is 3. The zero-order chi connectivity index (χ0) is 27.6. The Balaban J connectivity index is 1.41. The Kier molecular flexibility index (Phi) is 10.3. The van der Waals surface area contributed by atoms with Crippen molar-refractivity contribution in [1.82, 2.24) is 10.6 Å². The highest BCUT2D eigenvalue weighted by atomic mass is 32.2. The number of aryl methyl sites for hydroxylation is 1. The minimum absolute atomic E-state index is 0.0781. The van der Waals surface area contributed by atoms with Crippen LogP contribution in [0.2, 0.25) is 0 Å². The fraction of sp³-hybridized carbons (Fsp3) is 0.387. The predicted molar refractivity (Wildman–Crippen MR) is 153 cm³/mol. The first-order chi connectivity index (χ1) is 18.9.